The second-order valence-corrected chi connectivity index (χ2v) is 6.34. The summed E-state index contributed by atoms with van der Waals surface area (Å²) in [7, 11) is 0. The van der Waals surface area contributed by atoms with Crippen LogP contribution in [0.3, 0.4) is 0 Å². The fourth-order valence-electron chi connectivity index (χ4n) is 3.17. The van der Waals surface area contributed by atoms with E-state index in [0.717, 1.165) is 18.7 Å². The molecule has 144 valence electrons. The molecule has 0 bridgehead atoms. The minimum Gasteiger partial charge on any atom is -0.504 e. The van der Waals surface area contributed by atoms with Crippen molar-refractivity contribution in [2.75, 3.05) is 39.5 Å². The number of aliphatic imine (C=N–C) groups is 1. The summed E-state index contributed by atoms with van der Waals surface area (Å²) < 4.78 is 24.2. The van der Waals surface area contributed by atoms with Gasteiger partial charge in [-0.15, -0.1) is 0 Å². The van der Waals surface area contributed by atoms with E-state index in [4.69, 9.17) is 9.47 Å². The van der Waals surface area contributed by atoms with Crippen LogP contribution in [0.15, 0.2) is 47.5 Å². The molecule has 5 nitrogen and oxygen atoms in total. The summed E-state index contributed by atoms with van der Waals surface area (Å²) >= 11 is 0. The number of ether oxygens (including phenoxy) is 2. The third-order valence-corrected chi connectivity index (χ3v) is 4.58. The topological polar surface area (TPSA) is 54.3 Å². The number of hydrogen-bond acceptors (Lipinski definition) is 5. The monoisotopic (exact) mass is 372 g/mol. The molecule has 0 saturated carbocycles. The van der Waals surface area contributed by atoms with Gasteiger partial charge in [0, 0.05) is 24.9 Å². The minimum absolute atomic E-state index is 0.0305. The molecule has 0 amide bonds. The molecule has 0 radical (unpaired) electrons. The molecule has 1 N–H and O–H groups in total. The first kappa shape index (κ1) is 19.3. The normalized spacial score (nSPS) is 16.5. The fraction of sp³-hybridized carbons (Fsp3) is 0.381. The highest BCUT2D eigenvalue weighted by Crippen LogP contribution is 2.29. The van der Waals surface area contributed by atoms with Crippen molar-refractivity contribution in [1.82, 2.24) is 4.90 Å². The second kappa shape index (κ2) is 9.48. The molecule has 1 saturated heterocycles. The molecule has 1 fully saturated rings. The van der Waals surface area contributed by atoms with E-state index in [-0.39, 0.29) is 17.6 Å². The average molecular weight is 372 g/mol. The summed E-state index contributed by atoms with van der Waals surface area (Å²) in [6, 6.07) is 11.9. The van der Waals surface area contributed by atoms with Crippen LogP contribution in [-0.2, 0) is 4.74 Å². The Morgan fingerprint density at radius 2 is 1.96 bits per heavy atom. The number of para-hydroxylation sites is 1. The van der Waals surface area contributed by atoms with Gasteiger partial charge < -0.3 is 14.6 Å². The zero-order chi connectivity index (χ0) is 19.1. The molecule has 0 aliphatic carbocycles. The quantitative estimate of drug-likeness (QED) is 0.757. The smallest absolute Gasteiger partial charge is 0.166 e. The molecule has 3 rings (SSSR count). The number of rotatable bonds is 7. The molecule has 1 heterocycles. The van der Waals surface area contributed by atoms with Crippen LogP contribution in [-0.4, -0.2) is 55.7 Å². The van der Waals surface area contributed by atoms with Crippen LogP contribution in [0.2, 0.25) is 0 Å². The Kier molecular flexibility index (Phi) is 6.79. The van der Waals surface area contributed by atoms with Gasteiger partial charge in [-0.3, -0.25) is 9.89 Å². The molecule has 1 atom stereocenters. The van der Waals surface area contributed by atoms with Crippen LogP contribution < -0.4 is 4.74 Å². The van der Waals surface area contributed by atoms with Crippen LogP contribution in [0, 0.1) is 5.82 Å². The first-order valence-corrected chi connectivity index (χ1v) is 9.21. The lowest BCUT2D eigenvalue weighted by atomic mass is 10.0. The molecule has 2 aromatic rings. The van der Waals surface area contributed by atoms with Crippen LogP contribution in [0.1, 0.15) is 24.1 Å². The average Bonchev–Trinajstić information content (AvgIpc) is 2.70. The highest BCUT2D eigenvalue weighted by atomic mass is 19.1. The number of halogens is 1. The van der Waals surface area contributed by atoms with Crippen molar-refractivity contribution in [3.8, 4) is 11.5 Å². The zero-order valence-corrected chi connectivity index (χ0v) is 15.5. The molecule has 1 aliphatic heterocycles. The minimum atomic E-state index is -0.249. The van der Waals surface area contributed by atoms with Crippen molar-refractivity contribution >= 4 is 6.21 Å². The van der Waals surface area contributed by atoms with E-state index in [0.29, 0.717) is 37.7 Å². The number of hydrogen-bond donors (Lipinski definition) is 1. The molecular weight excluding hydrogens is 347 g/mol. The van der Waals surface area contributed by atoms with Gasteiger partial charge in [0.05, 0.1) is 32.4 Å². The summed E-state index contributed by atoms with van der Waals surface area (Å²) in [5.41, 5.74) is 1.63. The predicted octanol–water partition coefficient (Wildman–Crippen LogP) is 3.42. The Balaban J connectivity index is 1.77. The van der Waals surface area contributed by atoms with Gasteiger partial charge in [0.2, 0.25) is 0 Å². The van der Waals surface area contributed by atoms with Gasteiger partial charge in [0.1, 0.15) is 5.82 Å². The van der Waals surface area contributed by atoms with Crippen molar-refractivity contribution in [2.45, 2.75) is 13.0 Å². The molecule has 0 spiro atoms. The highest BCUT2D eigenvalue weighted by molar-refractivity contribution is 5.84. The number of morpholine rings is 1. The van der Waals surface area contributed by atoms with Crippen LogP contribution in [0.4, 0.5) is 4.39 Å². The van der Waals surface area contributed by atoms with Crippen LogP contribution >= 0.6 is 0 Å². The lowest BCUT2D eigenvalue weighted by Gasteiger charge is -2.34. The van der Waals surface area contributed by atoms with Gasteiger partial charge in [-0.05, 0) is 36.8 Å². The largest absolute Gasteiger partial charge is 0.504 e. The van der Waals surface area contributed by atoms with E-state index in [9.17, 15) is 9.50 Å². The first-order chi connectivity index (χ1) is 13.2. The van der Waals surface area contributed by atoms with E-state index in [1.807, 2.05) is 13.0 Å². The number of nitrogens with zero attached hydrogens (tertiary/aromatic N) is 2. The molecule has 0 aromatic heterocycles. The maximum atomic E-state index is 13.3. The Morgan fingerprint density at radius 3 is 2.67 bits per heavy atom. The predicted molar refractivity (Wildman–Crippen MR) is 103 cm³/mol. The molecule has 0 unspecified atom stereocenters. The molecule has 6 heteroatoms. The van der Waals surface area contributed by atoms with E-state index >= 15 is 0 Å². The van der Waals surface area contributed by atoms with E-state index in [1.54, 1.807) is 30.5 Å². The standard InChI is InChI=1S/C21H25FN2O3/c1-2-27-20-5-3-4-17(21(20)25)14-23-15-19(24-10-12-26-13-11-24)16-6-8-18(22)9-7-16/h3-9,14,19,25H,2,10-13,15H2,1H3/t19-/m1/s1. The van der Waals surface area contributed by atoms with Crippen molar-refractivity contribution in [3.63, 3.8) is 0 Å². The molecule has 1 aliphatic rings. The summed E-state index contributed by atoms with van der Waals surface area (Å²) in [6.45, 7) is 5.83. The van der Waals surface area contributed by atoms with Gasteiger partial charge in [0.15, 0.2) is 11.5 Å². The Hall–Kier alpha value is -2.44. The van der Waals surface area contributed by atoms with E-state index in [1.165, 1.54) is 12.1 Å². The summed E-state index contributed by atoms with van der Waals surface area (Å²) in [5, 5.41) is 10.3. The molecule has 27 heavy (non-hydrogen) atoms. The van der Waals surface area contributed by atoms with E-state index < -0.39 is 0 Å². The van der Waals surface area contributed by atoms with Crippen molar-refractivity contribution in [3.05, 3.63) is 59.4 Å². The van der Waals surface area contributed by atoms with Gasteiger partial charge in [-0.25, -0.2) is 4.39 Å². The van der Waals surface area contributed by atoms with Crippen molar-refractivity contribution < 1.29 is 19.0 Å². The Bertz CT molecular complexity index is 759. The summed E-state index contributed by atoms with van der Waals surface area (Å²) in [4.78, 5) is 6.86. The second-order valence-electron chi connectivity index (χ2n) is 6.34. The van der Waals surface area contributed by atoms with E-state index in [2.05, 4.69) is 9.89 Å². The Morgan fingerprint density at radius 1 is 1.22 bits per heavy atom. The maximum Gasteiger partial charge on any atom is 0.166 e. The third-order valence-electron chi connectivity index (χ3n) is 4.58. The van der Waals surface area contributed by atoms with Gasteiger partial charge in [-0.1, -0.05) is 18.2 Å². The van der Waals surface area contributed by atoms with Crippen molar-refractivity contribution in [2.24, 2.45) is 4.99 Å². The Labute approximate surface area is 159 Å². The number of phenols is 1. The SMILES string of the molecule is CCOc1cccc(C=NC[C@H](c2ccc(F)cc2)N2CCOCC2)c1O. The molecule has 2 aromatic carbocycles. The van der Waals surface area contributed by atoms with Gasteiger partial charge in [-0.2, -0.15) is 0 Å². The fourth-order valence-corrected chi connectivity index (χ4v) is 3.17. The maximum absolute atomic E-state index is 13.3. The number of benzene rings is 2. The summed E-state index contributed by atoms with van der Waals surface area (Å²) in [6.07, 6.45) is 1.66. The van der Waals surface area contributed by atoms with Gasteiger partial charge in [0.25, 0.3) is 0 Å². The highest BCUT2D eigenvalue weighted by Gasteiger charge is 2.22. The summed E-state index contributed by atoms with van der Waals surface area (Å²) in [5.74, 6) is 0.290. The van der Waals surface area contributed by atoms with Crippen LogP contribution in [0.25, 0.3) is 0 Å². The zero-order valence-electron chi connectivity index (χ0n) is 15.5. The lowest BCUT2D eigenvalue weighted by Crippen LogP contribution is -2.40. The van der Waals surface area contributed by atoms with Crippen LogP contribution in [0.5, 0.6) is 11.5 Å². The number of aromatic hydroxyl groups is 1. The van der Waals surface area contributed by atoms with Gasteiger partial charge >= 0.3 is 0 Å². The molecular formula is C21H25FN2O3. The third kappa shape index (κ3) is 5.05. The lowest BCUT2D eigenvalue weighted by molar-refractivity contribution is 0.0180. The number of phenolic OH excluding ortho intramolecular Hbond substituents is 1. The first-order valence-electron chi connectivity index (χ1n) is 9.21. The van der Waals surface area contributed by atoms with Crippen molar-refractivity contribution in [1.29, 1.82) is 0 Å².